The molecule has 6 heteroatoms. The lowest BCUT2D eigenvalue weighted by molar-refractivity contribution is 0.0142. The van der Waals surface area contributed by atoms with Crippen molar-refractivity contribution in [3.63, 3.8) is 0 Å². The maximum atomic E-state index is 12.1. The Balaban J connectivity index is 1.70. The Kier molecular flexibility index (Phi) is 3.38. The van der Waals surface area contributed by atoms with Crippen LogP contribution in [0.5, 0.6) is 0 Å². The van der Waals surface area contributed by atoms with Gasteiger partial charge in [-0.15, -0.1) is 0 Å². The molecule has 1 spiro atoms. The molecule has 1 aliphatic carbocycles. The van der Waals surface area contributed by atoms with Gasteiger partial charge in [0.15, 0.2) is 0 Å². The summed E-state index contributed by atoms with van der Waals surface area (Å²) in [6.07, 6.45) is 5.01. The molecule has 1 N–H and O–H groups in total. The number of carbonyl (C=O) groups excluding carboxylic acids is 1. The predicted octanol–water partition coefficient (Wildman–Crippen LogP) is 3.00. The highest BCUT2D eigenvalue weighted by Crippen LogP contribution is 2.40. The van der Waals surface area contributed by atoms with E-state index in [2.05, 4.69) is 10.1 Å². The Hall–Kier alpha value is -1.98. The zero-order chi connectivity index (χ0) is 14.0. The van der Waals surface area contributed by atoms with Crippen molar-refractivity contribution in [3.05, 3.63) is 24.4 Å². The lowest BCUT2D eigenvalue weighted by Crippen LogP contribution is -2.39. The summed E-state index contributed by atoms with van der Waals surface area (Å²) in [4.78, 5) is 17.9. The van der Waals surface area contributed by atoms with E-state index < -0.39 is 0 Å². The number of aromatic nitrogens is 1. The number of ether oxygens (including phenoxy) is 1. The number of anilines is 1. The van der Waals surface area contributed by atoms with E-state index in [4.69, 9.17) is 10.3 Å². The Bertz CT molecular complexity index is 497. The number of hydrogen-bond acceptors (Lipinski definition) is 5. The summed E-state index contributed by atoms with van der Waals surface area (Å²) in [5, 5.41) is 3.47. The fraction of sp³-hybridized carbons (Fsp3) is 0.571. The lowest BCUT2D eigenvalue weighted by Gasteiger charge is -2.34. The zero-order valence-electron chi connectivity index (χ0n) is 11.3. The molecule has 0 aromatic carbocycles. The number of pyridine rings is 1. The SMILES string of the molecule is N=NC[C@H]1CC[C@]2(CC1)CN(c1ccccn1)C(=O)O2. The first-order valence-corrected chi connectivity index (χ1v) is 6.97. The number of rotatable bonds is 3. The van der Waals surface area contributed by atoms with E-state index in [0.717, 1.165) is 25.7 Å². The molecule has 2 fully saturated rings. The third-order valence-electron chi connectivity index (χ3n) is 4.26. The van der Waals surface area contributed by atoms with E-state index in [0.29, 0.717) is 24.8 Å². The molecular weight excluding hydrogens is 256 g/mol. The third-order valence-corrected chi connectivity index (χ3v) is 4.26. The van der Waals surface area contributed by atoms with Gasteiger partial charge in [0.2, 0.25) is 0 Å². The van der Waals surface area contributed by atoms with Crippen LogP contribution >= 0.6 is 0 Å². The zero-order valence-corrected chi connectivity index (χ0v) is 11.3. The molecule has 2 aliphatic rings. The van der Waals surface area contributed by atoms with Gasteiger partial charge in [-0.2, -0.15) is 5.11 Å². The van der Waals surface area contributed by atoms with Crippen LogP contribution in [-0.4, -0.2) is 29.8 Å². The molecule has 1 aliphatic heterocycles. The molecule has 6 nitrogen and oxygen atoms in total. The average Bonchev–Trinajstić information content (AvgIpc) is 2.80. The Morgan fingerprint density at radius 1 is 1.45 bits per heavy atom. The summed E-state index contributed by atoms with van der Waals surface area (Å²) < 4.78 is 5.65. The van der Waals surface area contributed by atoms with Gasteiger partial charge in [-0.05, 0) is 43.7 Å². The summed E-state index contributed by atoms with van der Waals surface area (Å²) in [5.41, 5.74) is 6.57. The van der Waals surface area contributed by atoms with E-state index in [1.54, 1.807) is 11.1 Å². The minimum Gasteiger partial charge on any atom is -0.441 e. The van der Waals surface area contributed by atoms with Crippen LogP contribution in [0.3, 0.4) is 0 Å². The van der Waals surface area contributed by atoms with Gasteiger partial charge >= 0.3 is 6.09 Å². The van der Waals surface area contributed by atoms with Crippen molar-refractivity contribution in [2.75, 3.05) is 18.0 Å². The van der Waals surface area contributed by atoms with Crippen molar-refractivity contribution in [1.29, 1.82) is 5.53 Å². The van der Waals surface area contributed by atoms with Crippen LogP contribution in [0.2, 0.25) is 0 Å². The van der Waals surface area contributed by atoms with Crippen LogP contribution in [0, 0.1) is 11.4 Å². The molecule has 1 aromatic rings. The highest BCUT2D eigenvalue weighted by Gasteiger charge is 2.47. The summed E-state index contributed by atoms with van der Waals surface area (Å²) in [6, 6.07) is 5.52. The average molecular weight is 274 g/mol. The molecule has 20 heavy (non-hydrogen) atoms. The van der Waals surface area contributed by atoms with Crippen molar-refractivity contribution < 1.29 is 9.53 Å². The molecule has 0 unspecified atom stereocenters. The standard InChI is InChI=1S/C14H18N4O2/c15-17-9-11-4-6-14(7-5-11)10-18(13(19)20-14)12-3-1-2-8-16-12/h1-3,8,11,15H,4-7,9-10H2/t11-,14-. The molecule has 3 rings (SSSR count). The molecule has 2 heterocycles. The van der Waals surface area contributed by atoms with E-state index in [1.807, 2.05) is 18.2 Å². The minimum absolute atomic E-state index is 0.299. The molecule has 0 bridgehead atoms. The molecule has 1 saturated carbocycles. The molecule has 1 aromatic heterocycles. The first-order chi connectivity index (χ1) is 9.72. The maximum absolute atomic E-state index is 12.1. The van der Waals surface area contributed by atoms with Crippen LogP contribution in [-0.2, 0) is 4.74 Å². The van der Waals surface area contributed by atoms with Gasteiger partial charge in [0.1, 0.15) is 11.4 Å². The second-order valence-corrected chi connectivity index (χ2v) is 5.61. The topological polar surface area (TPSA) is 78.6 Å². The van der Waals surface area contributed by atoms with E-state index in [9.17, 15) is 4.79 Å². The number of carbonyl (C=O) groups is 1. The Morgan fingerprint density at radius 3 is 2.90 bits per heavy atom. The van der Waals surface area contributed by atoms with Crippen molar-refractivity contribution >= 4 is 11.9 Å². The smallest absolute Gasteiger partial charge is 0.416 e. The van der Waals surface area contributed by atoms with Crippen molar-refractivity contribution in [1.82, 2.24) is 4.98 Å². The highest BCUT2D eigenvalue weighted by molar-refractivity contribution is 5.89. The molecule has 0 radical (unpaired) electrons. The van der Waals surface area contributed by atoms with Gasteiger partial charge in [-0.1, -0.05) is 6.07 Å². The Morgan fingerprint density at radius 2 is 2.25 bits per heavy atom. The van der Waals surface area contributed by atoms with Gasteiger partial charge in [-0.3, -0.25) is 4.90 Å². The highest BCUT2D eigenvalue weighted by atomic mass is 16.6. The van der Waals surface area contributed by atoms with Gasteiger partial charge in [0.05, 0.1) is 13.1 Å². The van der Waals surface area contributed by atoms with Gasteiger partial charge in [0, 0.05) is 6.20 Å². The predicted molar refractivity (Wildman–Crippen MR) is 72.8 cm³/mol. The van der Waals surface area contributed by atoms with E-state index in [1.165, 1.54) is 0 Å². The van der Waals surface area contributed by atoms with Crippen LogP contribution in [0.4, 0.5) is 10.6 Å². The molecule has 1 saturated heterocycles. The molecule has 1 amide bonds. The number of amides is 1. The van der Waals surface area contributed by atoms with Gasteiger partial charge in [-0.25, -0.2) is 15.3 Å². The number of hydrogen-bond donors (Lipinski definition) is 1. The lowest BCUT2D eigenvalue weighted by atomic mass is 9.79. The van der Waals surface area contributed by atoms with E-state index in [-0.39, 0.29) is 11.7 Å². The quantitative estimate of drug-likeness (QED) is 0.860. The molecule has 0 atom stereocenters. The minimum atomic E-state index is -0.368. The fourth-order valence-corrected chi connectivity index (χ4v) is 3.09. The summed E-state index contributed by atoms with van der Waals surface area (Å²) in [7, 11) is 0. The van der Waals surface area contributed by atoms with Crippen LogP contribution < -0.4 is 4.90 Å². The van der Waals surface area contributed by atoms with Crippen LogP contribution in [0.15, 0.2) is 29.5 Å². The molecular formula is C14H18N4O2. The van der Waals surface area contributed by atoms with Gasteiger partial charge in [0.25, 0.3) is 0 Å². The van der Waals surface area contributed by atoms with E-state index >= 15 is 0 Å². The summed E-state index contributed by atoms with van der Waals surface area (Å²) in [6.45, 7) is 1.17. The molecule has 106 valence electrons. The summed E-state index contributed by atoms with van der Waals surface area (Å²) in [5.74, 6) is 1.11. The van der Waals surface area contributed by atoms with Crippen molar-refractivity contribution in [2.24, 2.45) is 11.0 Å². The second-order valence-electron chi connectivity index (χ2n) is 5.61. The number of nitrogens with zero attached hydrogens (tertiary/aromatic N) is 3. The normalized spacial score (nSPS) is 29.5. The second kappa shape index (κ2) is 5.19. The van der Waals surface area contributed by atoms with Crippen molar-refractivity contribution in [2.45, 2.75) is 31.3 Å². The fourth-order valence-electron chi connectivity index (χ4n) is 3.09. The van der Waals surface area contributed by atoms with Crippen molar-refractivity contribution in [3.8, 4) is 0 Å². The largest absolute Gasteiger partial charge is 0.441 e. The monoisotopic (exact) mass is 274 g/mol. The first-order valence-electron chi connectivity index (χ1n) is 6.97. The first kappa shape index (κ1) is 13.0. The Labute approximate surface area is 117 Å². The van der Waals surface area contributed by atoms with Crippen LogP contribution in [0.1, 0.15) is 25.7 Å². The maximum Gasteiger partial charge on any atom is 0.416 e. The van der Waals surface area contributed by atoms with Gasteiger partial charge < -0.3 is 4.74 Å². The third kappa shape index (κ3) is 2.37. The summed E-state index contributed by atoms with van der Waals surface area (Å²) >= 11 is 0. The number of nitrogens with one attached hydrogen (secondary N) is 1. The van der Waals surface area contributed by atoms with Crippen LogP contribution in [0.25, 0.3) is 0 Å².